The van der Waals surface area contributed by atoms with Gasteiger partial charge in [0.1, 0.15) is 17.3 Å². The smallest absolute Gasteiger partial charge is 0.137 e. The summed E-state index contributed by atoms with van der Waals surface area (Å²) in [5.41, 5.74) is 0.938. The van der Waals surface area contributed by atoms with Crippen LogP contribution in [0.1, 0.15) is 24.8 Å². The van der Waals surface area contributed by atoms with Gasteiger partial charge >= 0.3 is 0 Å². The second kappa shape index (κ2) is 4.13. The molecule has 1 N–H and O–H groups in total. The molecular weight excluding hydrogens is 198 g/mol. The molecule has 0 bridgehead atoms. The minimum atomic E-state index is 0.538. The quantitative estimate of drug-likeness (QED) is 0.782. The highest BCUT2D eigenvalue weighted by atomic mass is 35.5. The molecule has 0 unspecified atom stereocenters. The van der Waals surface area contributed by atoms with Crippen molar-refractivity contribution in [3.8, 4) is 0 Å². The SMILES string of the molecule is Cc1c(Cl)ncnc1NCC1CCC1. The fraction of sp³-hybridized carbons (Fsp3) is 0.600. The highest BCUT2D eigenvalue weighted by Crippen LogP contribution is 2.27. The maximum Gasteiger partial charge on any atom is 0.137 e. The maximum atomic E-state index is 5.89. The number of aromatic nitrogens is 2. The van der Waals surface area contributed by atoms with Crippen LogP contribution in [0.2, 0.25) is 5.15 Å². The van der Waals surface area contributed by atoms with E-state index in [1.54, 1.807) is 0 Å². The van der Waals surface area contributed by atoms with Crippen LogP contribution in [0.25, 0.3) is 0 Å². The normalized spacial score (nSPS) is 16.4. The van der Waals surface area contributed by atoms with Gasteiger partial charge in [0, 0.05) is 12.1 Å². The van der Waals surface area contributed by atoms with Crippen molar-refractivity contribution in [3.63, 3.8) is 0 Å². The lowest BCUT2D eigenvalue weighted by molar-refractivity contribution is 0.333. The molecule has 0 amide bonds. The van der Waals surface area contributed by atoms with E-state index in [2.05, 4.69) is 15.3 Å². The molecule has 1 fully saturated rings. The van der Waals surface area contributed by atoms with Gasteiger partial charge in [0.2, 0.25) is 0 Å². The van der Waals surface area contributed by atoms with E-state index < -0.39 is 0 Å². The summed E-state index contributed by atoms with van der Waals surface area (Å²) in [5, 5.41) is 3.86. The molecule has 0 aromatic carbocycles. The Morgan fingerprint density at radius 1 is 1.50 bits per heavy atom. The highest BCUT2D eigenvalue weighted by molar-refractivity contribution is 6.30. The van der Waals surface area contributed by atoms with E-state index in [0.717, 1.165) is 23.8 Å². The molecule has 0 atom stereocenters. The second-order valence-electron chi connectivity index (χ2n) is 3.82. The molecule has 0 spiro atoms. The maximum absolute atomic E-state index is 5.89. The lowest BCUT2D eigenvalue weighted by Crippen LogP contribution is -2.21. The standard InChI is InChI=1S/C10H14ClN3/c1-7-9(11)13-6-14-10(7)12-5-8-3-2-4-8/h6,8H,2-5H2,1H3,(H,12,13,14). The van der Waals surface area contributed by atoms with Gasteiger partial charge in [-0.3, -0.25) is 0 Å². The highest BCUT2D eigenvalue weighted by Gasteiger charge is 2.17. The molecule has 0 saturated heterocycles. The van der Waals surface area contributed by atoms with Gasteiger partial charge in [0.15, 0.2) is 0 Å². The van der Waals surface area contributed by atoms with Crippen molar-refractivity contribution in [1.29, 1.82) is 0 Å². The summed E-state index contributed by atoms with van der Waals surface area (Å²) in [5.74, 6) is 1.69. The number of nitrogens with one attached hydrogen (secondary N) is 1. The third-order valence-corrected chi connectivity index (χ3v) is 3.19. The first-order valence-corrected chi connectivity index (χ1v) is 5.36. The summed E-state index contributed by atoms with van der Waals surface area (Å²) in [4.78, 5) is 8.08. The van der Waals surface area contributed by atoms with E-state index in [-0.39, 0.29) is 0 Å². The van der Waals surface area contributed by atoms with Crippen LogP contribution in [-0.2, 0) is 0 Å². The Hall–Kier alpha value is -0.830. The summed E-state index contributed by atoms with van der Waals surface area (Å²) >= 11 is 5.89. The van der Waals surface area contributed by atoms with Gasteiger partial charge in [0.25, 0.3) is 0 Å². The molecule has 1 heterocycles. The van der Waals surface area contributed by atoms with Crippen LogP contribution in [0.5, 0.6) is 0 Å². The van der Waals surface area contributed by atoms with Gasteiger partial charge in [-0.05, 0) is 25.7 Å². The molecule has 76 valence electrons. The molecular formula is C10H14ClN3. The molecule has 4 heteroatoms. The number of rotatable bonds is 3. The molecule has 0 aliphatic heterocycles. The number of anilines is 1. The monoisotopic (exact) mass is 211 g/mol. The molecule has 1 aromatic heterocycles. The fourth-order valence-corrected chi connectivity index (χ4v) is 1.68. The Morgan fingerprint density at radius 3 is 2.93 bits per heavy atom. The van der Waals surface area contributed by atoms with Crippen molar-refractivity contribution >= 4 is 17.4 Å². The summed E-state index contributed by atoms with van der Waals surface area (Å²) < 4.78 is 0. The van der Waals surface area contributed by atoms with Crippen molar-refractivity contribution < 1.29 is 0 Å². The average molecular weight is 212 g/mol. The van der Waals surface area contributed by atoms with Crippen LogP contribution in [-0.4, -0.2) is 16.5 Å². The van der Waals surface area contributed by atoms with Crippen molar-refractivity contribution in [1.82, 2.24) is 9.97 Å². The van der Waals surface area contributed by atoms with Crippen LogP contribution in [0, 0.1) is 12.8 Å². The third-order valence-electron chi connectivity index (χ3n) is 2.81. The molecule has 2 rings (SSSR count). The largest absolute Gasteiger partial charge is 0.369 e. The van der Waals surface area contributed by atoms with Gasteiger partial charge in [-0.1, -0.05) is 18.0 Å². The van der Waals surface area contributed by atoms with E-state index in [1.165, 1.54) is 25.6 Å². The number of nitrogens with zero attached hydrogens (tertiary/aromatic N) is 2. The zero-order chi connectivity index (χ0) is 9.97. The van der Waals surface area contributed by atoms with Gasteiger partial charge in [-0.15, -0.1) is 0 Å². The first-order valence-electron chi connectivity index (χ1n) is 4.98. The minimum Gasteiger partial charge on any atom is -0.369 e. The molecule has 1 aliphatic carbocycles. The first kappa shape index (κ1) is 9.71. The number of hydrogen-bond donors (Lipinski definition) is 1. The Balaban J connectivity index is 1.97. The summed E-state index contributed by atoms with van der Waals surface area (Å²) in [6, 6.07) is 0. The van der Waals surface area contributed by atoms with Crippen molar-refractivity contribution in [3.05, 3.63) is 17.0 Å². The van der Waals surface area contributed by atoms with E-state index in [4.69, 9.17) is 11.6 Å². The van der Waals surface area contributed by atoms with Gasteiger partial charge in [-0.25, -0.2) is 9.97 Å². The molecule has 1 aliphatic rings. The van der Waals surface area contributed by atoms with Crippen LogP contribution in [0.15, 0.2) is 6.33 Å². The topological polar surface area (TPSA) is 37.8 Å². The number of halogens is 1. The Kier molecular flexibility index (Phi) is 2.87. The van der Waals surface area contributed by atoms with Crippen LogP contribution >= 0.6 is 11.6 Å². The predicted octanol–water partition coefficient (Wildman–Crippen LogP) is 2.65. The average Bonchev–Trinajstić information content (AvgIpc) is 2.09. The van der Waals surface area contributed by atoms with Gasteiger partial charge in [-0.2, -0.15) is 0 Å². The molecule has 0 radical (unpaired) electrons. The van der Waals surface area contributed by atoms with Crippen LogP contribution < -0.4 is 5.32 Å². The minimum absolute atomic E-state index is 0.538. The molecule has 3 nitrogen and oxygen atoms in total. The Labute approximate surface area is 88.9 Å². The van der Waals surface area contributed by atoms with Crippen molar-refractivity contribution in [2.75, 3.05) is 11.9 Å². The zero-order valence-corrected chi connectivity index (χ0v) is 9.01. The second-order valence-corrected chi connectivity index (χ2v) is 4.17. The van der Waals surface area contributed by atoms with Gasteiger partial charge in [0.05, 0.1) is 0 Å². The fourth-order valence-electron chi connectivity index (χ4n) is 1.54. The summed E-state index contributed by atoms with van der Waals surface area (Å²) in [6.45, 7) is 2.94. The van der Waals surface area contributed by atoms with Crippen LogP contribution in [0.3, 0.4) is 0 Å². The first-order chi connectivity index (χ1) is 6.77. The molecule has 1 saturated carbocycles. The Bertz CT molecular complexity index is 323. The van der Waals surface area contributed by atoms with Gasteiger partial charge < -0.3 is 5.32 Å². The molecule has 14 heavy (non-hydrogen) atoms. The number of hydrogen-bond acceptors (Lipinski definition) is 3. The lowest BCUT2D eigenvalue weighted by atomic mass is 9.85. The van der Waals surface area contributed by atoms with E-state index in [9.17, 15) is 0 Å². The predicted molar refractivity (Wildman–Crippen MR) is 57.6 cm³/mol. The van der Waals surface area contributed by atoms with E-state index >= 15 is 0 Å². The summed E-state index contributed by atoms with van der Waals surface area (Å²) in [6.07, 6.45) is 5.55. The molecule has 1 aromatic rings. The lowest BCUT2D eigenvalue weighted by Gasteiger charge is -2.25. The van der Waals surface area contributed by atoms with Crippen molar-refractivity contribution in [2.24, 2.45) is 5.92 Å². The van der Waals surface area contributed by atoms with E-state index in [0.29, 0.717) is 5.15 Å². The van der Waals surface area contributed by atoms with Crippen LogP contribution in [0.4, 0.5) is 5.82 Å². The van der Waals surface area contributed by atoms with Crippen molar-refractivity contribution in [2.45, 2.75) is 26.2 Å². The zero-order valence-electron chi connectivity index (χ0n) is 8.26. The summed E-state index contributed by atoms with van der Waals surface area (Å²) in [7, 11) is 0. The Morgan fingerprint density at radius 2 is 2.29 bits per heavy atom. The third kappa shape index (κ3) is 1.98. The van der Waals surface area contributed by atoms with E-state index in [1.807, 2.05) is 6.92 Å².